The van der Waals surface area contributed by atoms with Crippen LogP contribution in [0.25, 0.3) is 0 Å². The molecule has 0 fully saturated rings. The molecule has 1 N–H and O–H groups in total. The van der Waals surface area contributed by atoms with Gasteiger partial charge in [-0.2, -0.15) is 0 Å². The highest BCUT2D eigenvalue weighted by atomic mass is 79.9. The van der Waals surface area contributed by atoms with Crippen molar-refractivity contribution in [3.05, 3.63) is 26.9 Å². The third kappa shape index (κ3) is 1.55. The van der Waals surface area contributed by atoms with Crippen molar-refractivity contribution >= 4 is 33.2 Å². The third-order valence-electron chi connectivity index (χ3n) is 2.17. The van der Waals surface area contributed by atoms with E-state index in [0.29, 0.717) is 4.47 Å². The summed E-state index contributed by atoms with van der Waals surface area (Å²) in [6.45, 7) is 0.869. The van der Waals surface area contributed by atoms with Gasteiger partial charge in [0.05, 0.1) is 10.2 Å². The molecular formula is C9H8BrClFN. The summed E-state index contributed by atoms with van der Waals surface area (Å²) in [5.74, 6) is -0.380. The molecule has 1 aromatic carbocycles. The fourth-order valence-corrected chi connectivity index (χ4v) is 2.40. The summed E-state index contributed by atoms with van der Waals surface area (Å²) in [5, 5.41) is 3.30. The fraction of sp³-hybridized carbons (Fsp3) is 0.333. The van der Waals surface area contributed by atoms with Gasteiger partial charge in [-0.25, -0.2) is 4.39 Å². The number of hydrogen-bond acceptors (Lipinski definition) is 1. The van der Waals surface area contributed by atoms with E-state index in [-0.39, 0.29) is 10.8 Å². The molecule has 1 heterocycles. The fourth-order valence-electron chi connectivity index (χ4n) is 1.52. The van der Waals surface area contributed by atoms with Crippen molar-refractivity contribution in [2.75, 3.05) is 11.9 Å². The Morgan fingerprint density at radius 2 is 2.31 bits per heavy atom. The number of benzene rings is 1. The first-order valence-electron chi connectivity index (χ1n) is 4.10. The largest absolute Gasteiger partial charge is 0.384 e. The zero-order valence-corrected chi connectivity index (χ0v) is 9.17. The highest BCUT2D eigenvalue weighted by Gasteiger charge is 2.17. The van der Waals surface area contributed by atoms with Gasteiger partial charge in [0, 0.05) is 6.54 Å². The maximum Gasteiger partial charge on any atom is 0.158 e. The molecule has 0 amide bonds. The molecule has 0 bridgehead atoms. The molecule has 1 aromatic rings. The van der Waals surface area contributed by atoms with Gasteiger partial charge < -0.3 is 5.32 Å². The van der Waals surface area contributed by atoms with Crippen LogP contribution in [0.2, 0.25) is 5.02 Å². The molecule has 2 rings (SSSR count). The Labute approximate surface area is 89.4 Å². The van der Waals surface area contributed by atoms with Crippen LogP contribution in [0.1, 0.15) is 12.0 Å². The van der Waals surface area contributed by atoms with Crippen LogP contribution < -0.4 is 5.32 Å². The van der Waals surface area contributed by atoms with E-state index >= 15 is 0 Å². The van der Waals surface area contributed by atoms with Gasteiger partial charge in [-0.3, -0.25) is 0 Å². The summed E-state index contributed by atoms with van der Waals surface area (Å²) in [4.78, 5) is 0. The van der Waals surface area contributed by atoms with E-state index in [9.17, 15) is 4.39 Å². The number of nitrogens with one attached hydrogen (secondary N) is 1. The van der Waals surface area contributed by atoms with Gasteiger partial charge in [-0.1, -0.05) is 11.6 Å². The molecule has 0 radical (unpaired) electrons. The normalized spacial score (nSPS) is 15.0. The minimum atomic E-state index is -0.380. The van der Waals surface area contributed by atoms with E-state index in [1.165, 1.54) is 0 Å². The van der Waals surface area contributed by atoms with Crippen LogP contribution >= 0.6 is 27.5 Å². The number of fused-ring (bicyclic) bond motifs is 1. The third-order valence-corrected chi connectivity index (χ3v) is 3.10. The smallest absolute Gasteiger partial charge is 0.158 e. The summed E-state index contributed by atoms with van der Waals surface area (Å²) in [5.41, 5.74) is 1.85. The van der Waals surface area contributed by atoms with Crippen LogP contribution in [-0.2, 0) is 6.42 Å². The number of hydrogen-bond donors (Lipinski definition) is 1. The van der Waals surface area contributed by atoms with Crippen LogP contribution in [-0.4, -0.2) is 6.54 Å². The molecule has 1 aliphatic heterocycles. The Bertz CT molecular complexity index is 354. The second-order valence-electron chi connectivity index (χ2n) is 3.05. The topological polar surface area (TPSA) is 12.0 Å². The Kier molecular flexibility index (Phi) is 2.47. The highest BCUT2D eigenvalue weighted by molar-refractivity contribution is 9.10. The molecule has 0 saturated heterocycles. The van der Waals surface area contributed by atoms with Gasteiger partial charge in [0.25, 0.3) is 0 Å². The molecule has 0 aromatic heterocycles. The SMILES string of the molecule is Fc1c(Br)cc2c(c1Cl)NCCC2. The summed E-state index contributed by atoms with van der Waals surface area (Å²) in [7, 11) is 0. The summed E-state index contributed by atoms with van der Waals surface area (Å²) in [6.07, 6.45) is 2.03. The molecule has 1 aliphatic rings. The number of anilines is 1. The summed E-state index contributed by atoms with van der Waals surface area (Å²) in [6, 6.07) is 1.79. The van der Waals surface area contributed by atoms with Crippen molar-refractivity contribution in [2.24, 2.45) is 0 Å². The molecular weight excluding hydrogens is 256 g/mol. The quantitative estimate of drug-likeness (QED) is 0.706. The molecule has 1 nitrogen and oxygen atoms in total. The molecule has 13 heavy (non-hydrogen) atoms. The van der Waals surface area contributed by atoms with Gasteiger partial charge in [0.15, 0.2) is 5.82 Å². The average molecular weight is 265 g/mol. The summed E-state index contributed by atoms with van der Waals surface area (Å²) < 4.78 is 13.7. The molecule has 0 aliphatic carbocycles. The van der Waals surface area contributed by atoms with Crippen LogP contribution in [0.5, 0.6) is 0 Å². The predicted octanol–water partition coefficient (Wildman–Crippen LogP) is 3.60. The van der Waals surface area contributed by atoms with Crippen molar-refractivity contribution in [3.8, 4) is 0 Å². The lowest BCUT2D eigenvalue weighted by Crippen LogP contribution is -2.12. The van der Waals surface area contributed by atoms with Gasteiger partial charge in [-0.15, -0.1) is 0 Å². The lowest BCUT2D eigenvalue weighted by Gasteiger charge is -2.19. The molecule has 0 spiro atoms. The van der Waals surface area contributed by atoms with Crippen LogP contribution in [0, 0.1) is 5.82 Å². The second kappa shape index (κ2) is 3.46. The highest BCUT2D eigenvalue weighted by Crippen LogP contribution is 2.36. The number of rotatable bonds is 0. The second-order valence-corrected chi connectivity index (χ2v) is 4.28. The van der Waals surface area contributed by atoms with Crippen molar-refractivity contribution < 1.29 is 4.39 Å². The Hall–Kier alpha value is -0.280. The molecule has 4 heteroatoms. The Morgan fingerprint density at radius 1 is 1.54 bits per heavy atom. The van der Waals surface area contributed by atoms with Crippen molar-refractivity contribution in [1.29, 1.82) is 0 Å². The molecule has 0 atom stereocenters. The van der Waals surface area contributed by atoms with Crippen LogP contribution in [0.15, 0.2) is 10.5 Å². The summed E-state index contributed by atoms with van der Waals surface area (Å²) >= 11 is 8.99. The first-order valence-corrected chi connectivity index (χ1v) is 5.27. The lowest BCUT2D eigenvalue weighted by atomic mass is 10.0. The van der Waals surface area contributed by atoms with E-state index in [1.807, 2.05) is 0 Å². The van der Waals surface area contributed by atoms with Gasteiger partial charge >= 0.3 is 0 Å². The van der Waals surface area contributed by atoms with E-state index < -0.39 is 0 Å². The lowest BCUT2D eigenvalue weighted by molar-refractivity contribution is 0.619. The van der Waals surface area contributed by atoms with Gasteiger partial charge in [0.2, 0.25) is 0 Å². The Balaban J connectivity index is 2.60. The van der Waals surface area contributed by atoms with E-state index in [0.717, 1.165) is 30.6 Å². The minimum Gasteiger partial charge on any atom is -0.384 e. The maximum atomic E-state index is 13.3. The van der Waals surface area contributed by atoms with Gasteiger partial charge in [0.1, 0.15) is 5.02 Å². The van der Waals surface area contributed by atoms with Crippen molar-refractivity contribution in [1.82, 2.24) is 0 Å². The molecule has 0 saturated carbocycles. The van der Waals surface area contributed by atoms with E-state index in [4.69, 9.17) is 11.6 Å². The minimum absolute atomic E-state index is 0.198. The van der Waals surface area contributed by atoms with Crippen molar-refractivity contribution in [3.63, 3.8) is 0 Å². The first kappa shape index (κ1) is 9.28. The van der Waals surface area contributed by atoms with Crippen LogP contribution in [0.4, 0.5) is 10.1 Å². The predicted molar refractivity (Wildman–Crippen MR) is 55.9 cm³/mol. The average Bonchev–Trinajstić information content (AvgIpc) is 2.15. The maximum absolute atomic E-state index is 13.3. The number of aryl methyl sites for hydroxylation is 1. The first-order chi connectivity index (χ1) is 6.20. The molecule has 70 valence electrons. The zero-order valence-electron chi connectivity index (χ0n) is 6.83. The van der Waals surface area contributed by atoms with Gasteiger partial charge in [-0.05, 0) is 40.4 Å². The standard InChI is InChI=1S/C9H8BrClFN/c10-6-4-5-2-1-3-13-9(5)7(11)8(6)12/h4,13H,1-3H2. The van der Waals surface area contributed by atoms with E-state index in [2.05, 4.69) is 21.2 Å². The molecule has 0 unspecified atom stereocenters. The monoisotopic (exact) mass is 263 g/mol. The zero-order chi connectivity index (χ0) is 9.42. The van der Waals surface area contributed by atoms with Crippen molar-refractivity contribution in [2.45, 2.75) is 12.8 Å². The number of halogens is 3. The van der Waals surface area contributed by atoms with Crippen LogP contribution in [0.3, 0.4) is 0 Å². The van der Waals surface area contributed by atoms with E-state index in [1.54, 1.807) is 6.07 Å². The Morgan fingerprint density at radius 3 is 3.08 bits per heavy atom.